The van der Waals surface area contributed by atoms with E-state index in [1.165, 1.54) is 29.2 Å². The molecule has 0 spiro atoms. The summed E-state index contributed by atoms with van der Waals surface area (Å²) in [5.41, 5.74) is 0.492. The highest BCUT2D eigenvalue weighted by Gasteiger charge is 2.66. The standard InChI is InChI=1S/C20H19FN2O3/c21-10-1-3-11(4-2-10)22-16(24)7-8-23-19(25)17-12-5-6-13(15-9-14(12)15)18(17)20(23)26/h1-6,12-15,17-18H,7-9H2,(H,22,24)/t12-,13-,14-,15+,17-,18+/m1/s1. The first kappa shape index (κ1) is 15.7. The Balaban J connectivity index is 1.24. The van der Waals surface area contributed by atoms with Crippen LogP contribution in [0.1, 0.15) is 12.8 Å². The molecular weight excluding hydrogens is 335 g/mol. The van der Waals surface area contributed by atoms with E-state index in [9.17, 15) is 18.8 Å². The fourth-order valence-corrected chi connectivity index (χ4v) is 5.21. The number of hydrogen-bond acceptors (Lipinski definition) is 3. The molecular formula is C20H19FN2O3. The first-order valence-electron chi connectivity index (χ1n) is 9.13. The molecule has 0 aromatic heterocycles. The summed E-state index contributed by atoms with van der Waals surface area (Å²) in [4.78, 5) is 39.0. The van der Waals surface area contributed by atoms with E-state index in [0.29, 0.717) is 17.5 Å². The lowest BCUT2D eigenvalue weighted by Gasteiger charge is -2.37. The SMILES string of the molecule is O=C(CCN1C(=O)[C@@H]2[C@@H]3C=C[C@H]([C@@H]4C[C@H]34)[C@@H]2C1=O)Nc1ccc(F)cc1. The highest BCUT2D eigenvalue weighted by molar-refractivity contribution is 6.06. The third-order valence-corrected chi connectivity index (χ3v) is 6.44. The van der Waals surface area contributed by atoms with Crippen LogP contribution in [0.25, 0.3) is 0 Å². The zero-order valence-corrected chi connectivity index (χ0v) is 14.1. The molecule has 134 valence electrons. The van der Waals surface area contributed by atoms with Gasteiger partial charge < -0.3 is 5.32 Å². The highest BCUT2D eigenvalue weighted by atomic mass is 19.1. The molecule has 0 unspecified atom stereocenters. The van der Waals surface area contributed by atoms with Crippen LogP contribution in [0.15, 0.2) is 36.4 Å². The molecule has 6 heteroatoms. The molecule has 1 aromatic rings. The summed E-state index contributed by atoms with van der Waals surface area (Å²) in [5, 5.41) is 2.66. The van der Waals surface area contributed by atoms with Crippen molar-refractivity contribution in [1.29, 1.82) is 0 Å². The molecule has 3 fully saturated rings. The second-order valence-corrected chi connectivity index (χ2v) is 7.79. The van der Waals surface area contributed by atoms with Gasteiger partial charge in [-0.25, -0.2) is 4.39 Å². The fraction of sp³-hybridized carbons (Fsp3) is 0.450. The van der Waals surface area contributed by atoms with Crippen LogP contribution in [0.2, 0.25) is 0 Å². The first-order chi connectivity index (χ1) is 12.5. The number of rotatable bonds is 4. The number of anilines is 1. The third-order valence-electron chi connectivity index (χ3n) is 6.44. The maximum Gasteiger partial charge on any atom is 0.233 e. The van der Waals surface area contributed by atoms with Crippen LogP contribution in [-0.4, -0.2) is 29.2 Å². The number of likely N-dealkylation sites (tertiary alicyclic amines) is 1. The molecule has 3 amide bonds. The van der Waals surface area contributed by atoms with Gasteiger partial charge in [0.2, 0.25) is 17.7 Å². The lowest BCUT2D eigenvalue weighted by molar-refractivity contribution is -0.140. The Kier molecular flexibility index (Phi) is 3.33. The number of nitrogens with zero attached hydrogens (tertiary/aromatic N) is 1. The van der Waals surface area contributed by atoms with E-state index >= 15 is 0 Å². The number of nitrogens with one attached hydrogen (secondary N) is 1. The van der Waals surface area contributed by atoms with Crippen LogP contribution in [0.4, 0.5) is 10.1 Å². The van der Waals surface area contributed by atoms with Gasteiger partial charge in [0.25, 0.3) is 0 Å². The van der Waals surface area contributed by atoms with Crippen molar-refractivity contribution in [3.05, 3.63) is 42.2 Å². The van der Waals surface area contributed by atoms with Crippen molar-refractivity contribution in [1.82, 2.24) is 4.90 Å². The van der Waals surface area contributed by atoms with E-state index < -0.39 is 0 Å². The molecule has 1 aliphatic heterocycles. The average Bonchev–Trinajstić information content (AvgIpc) is 3.41. The van der Waals surface area contributed by atoms with Crippen molar-refractivity contribution >= 4 is 23.4 Å². The summed E-state index contributed by atoms with van der Waals surface area (Å²) in [6.45, 7) is 0.104. The van der Waals surface area contributed by atoms with E-state index in [1.807, 2.05) is 0 Å². The van der Waals surface area contributed by atoms with Crippen molar-refractivity contribution in [2.45, 2.75) is 12.8 Å². The molecule has 6 atom stereocenters. The van der Waals surface area contributed by atoms with E-state index in [-0.39, 0.29) is 60.2 Å². The average molecular weight is 354 g/mol. The molecule has 4 aliphatic carbocycles. The fourth-order valence-electron chi connectivity index (χ4n) is 5.21. The van der Waals surface area contributed by atoms with Gasteiger partial charge in [0.05, 0.1) is 11.8 Å². The van der Waals surface area contributed by atoms with Crippen LogP contribution in [0, 0.1) is 41.3 Å². The van der Waals surface area contributed by atoms with Gasteiger partial charge in [-0.3, -0.25) is 19.3 Å². The number of carbonyl (C=O) groups is 3. The second kappa shape index (κ2) is 5.50. The van der Waals surface area contributed by atoms with Crippen LogP contribution in [0.5, 0.6) is 0 Å². The van der Waals surface area contributed by atoms with E-state index in [0.717, 1.165) is 6.42 Å². The first-order valence-corrected chi connectivity index (χ1v) is 9.13. The van der Waals surface area contributed by atoms with Gasteiger partial charge in [0.1, 0.15) is 5.82 Å². The molecule has 26 heavy (non-hydrogen) atoms. The molecule has 5 aliphatic rings. The minimum atomic E-state index is -0.375. The Morgan fingerprint density at radius 2 is 1.62 bits per heavy atom. The number of halogens is 1. The molecule has 1 heterocycles. The molecule has 1 saturated heterocycles. The number of allylic oxidation sites excluding steroid dienone is 2. The van der Waals surface area contributed by atoms with Crippen LogP contribution in [-0.2, 0) is 14.4 Å². The second-order valence-electron chi connectivity index (χ2n) is 7.79. The zero-order valence-electron chi connectivity index (χ0n) is 14.1. The molecule has 6 rings (SSSR count). The maximum atomic E-state index is 12.9. The monoisotopic (exact) mass is 354 g/mol. The third kappa shape index (κ3) is 2.24. The Labute approximate surface area is 150 Å². The van der Waals surface area contributed by atoms with Gasteiger partial charge in [-0.2, -0.15) is 0 Å². The van der Waals surface area contributed by atoms with Gasteiger partial charge in [-0.05, 0) is 54.4 Å². The number of amides is 3. The number of carbonyl (C=O) groups excluding carboxylic acids is 3. The largest absolute Gasteiger partial charge is 0.326 e. The summed E-state index contributed by atoms with van der Waals surface area (Å²) in [7, 11) is 0. The Morgan fingerprint density at radius 1 is 1.04 bits per heavy atom. The lowest BCUT2D eigenvalue weighted by Crippen LogP contribution is -2.40. The molecule has 5 nitrogen and oxygen atoms in total. The van der Waals surface area contributed by atoms with E-state index in [1.54, 1.807) is 0 Å². The molecule has 2 saturated carbocycles. The van der Waals surface area contributed by atoms with Crippen molar-refractivity contribution in [2.24, 2.45) is 35.5 Å². The molecule has 0 radical (unpaired) electrons. The molecule has 1 aromatic carbocycles. The molecule has 2 bridgehead atoms. The predicted molar refractivity (Wildman–Crippen MR) is 91.1 cm³/mol. The minimum Gasteiger partial charge on any atom is -0.326 e. The van der Waals surface area contributed by atoms with Crippen molar-refractivity contribution in [3.8, 4) is 0 Å². The Bertz CT molecular complexity index is 798. The number of benzene rings is 1. The van der Waals surface area contributed by atoms with Crippen molar-refractivity contribution < 1.29 is 18.8 Å². The predicted octanol–water partition coefficient (Wildman–Crippen LogP) is 2.21. The van der Waals surface area contributed by atoms with Gasteiger partial charge >= 0.3 is 0 Å². The number of imide groups is 1. The van der Waals surface area contributed by atoms with Crippen LogP contribution in [0.3, 0.4) is 0 Å². The lowest BCUT2D eigenvalue weighted by atomic mass is 9.63. The normalized spacial score (nSPS) is 36.1. The summed E-state index contributed by atoms with van der Waals surface area (Å²) in [6, 6.07) is 5.48. The summed E-state index contributed by atoms with van der Waals surface area (Å²) in [5.74, 6) is 0.209. The Morgan fingerprint density at radius 3 is 2.19 bits per heavy atom. The highest BCUT2D eigenvalue weighted by Crippen LogP contribution is 2.65. The Hall–Kier alpha value is -2.50. The summed E-state index contributed by atoms with van der Waals surface area (Å²) >= 11 is 0. The van der Waals surface area contributed by atoms with Gasteiger partial charge in [-0.15, -0.1) is 0 Å². The van der Waals surface area contributed by atoms with E-state index in [4.69, 9.17) is 0 Å². The topological polar surface area (TPSA) is 66.5 Å². The summed E-state index contributed by atoms with van der Waals surface area (Å²) < 4.78 is 12.9. The maximum absolute atomic E-state index is 12.9. The zero-order chi connectivity index (χ0) is 18.0. The minimum absolute atomic E-state index is 0.0456. The number of hydrogen-bond donors (Lipinski definition) is 1. The van der Waals surface area contributed by atoms with Crippen LogP contribution < -0.4 is 5.32 Å². The smallest absolute Gasteiger partial charge is 0.233 e. The van der Waals surface area contributed by atoms with Crippen molar-refractivity contribution in [2.75, 3.05) is 11.9 Å². The van der Waals surface area contributed by atoms with Crippen LogP contribution >= 0.6 is 0 Å². The van der Waals surface area contributed by atoms with Gasteiger partial charge in [-0.1, -0.05) is 12.2 Å². The molecule has 1 N–H and O–H groups in total. The van der Waals surface area contributed by atoms with Gasteiger partial charge in [0, 0.05) is 18.7 Å². The van der Waals surface area contributed by atoms with Gasteiger partial charge in [0.15, 0.2) is 0 Å². The summed E-state index contributed by atoms with van der Waals surface area (Å²) in [6.07, 6.45) is 5.45. The quantitative estimate of drug-likeness (QED) is 0.666. The van der Waals surface area contributed by atoms with E-state index in [2.05, 4.69) is 17.5 Å². The van der Waals surface area contributed by atoms with Crippen molar-refractivity contribution in [3.63, 3.8) is 0 Å².